The van der Waals surface area contributed by atoms with Crippen molar-refractivity contribution in [2.24, 2.45) is 17.8 Å². The molecule has 1 aliphatic carbocycles. The number of piperazine rings is 1. The molecule has 2 saturated heterocycles. The maximum atomic E-state index is 13.4. The molecule has 276 valence electrons. The summed E-state index contributed by atoms with van der Waals surface area (Å²) in [5.74, 6) is -0.783. The molecule has 11 heteroatoms. The number of ether oxygens (including phenoxy) is 3. The number of carbonyl (C=O) groups excluding carboxylic acids is 3. The average molecular weight is 688 g/mol. The second-order valence-electron chi connectivity index (χ2n) is 14.8. The Labute approximate surface area is 293 Å². The van der Waals surface area contributed by atoms with Crippen molar-refractivity contribution in [2.45, 2.75) is 122 Å². The van der Waals surface area contributed by atoms with E-state index in [1.165, 1.54) is 43.4 Å². The molecular weight excluding hydrogens is 626 g/mol. The van der Waals surface area contributed by atoms with Gasteiger partial charge in [-0.05, 0) is 56.6 Å². The summed E-state index contributed by atoms with van der Waals surface area (Å²) in [7, 11) is 0. The molecule has 3 heterocycles. The van der Waals surface area contributed by atoms with Crippen molar-refractivity contribution < 1.29 is 38.8 Å². The number of hydrogen-bond donors (Lipinski definition) is 2. The summed E-state index contributed by atoms with van der Waals surface area (Å²) in [4.78, 5) is 44.4. The number of amides is 2. The Morgan fingerprint density at radius 3 is 2.31 bits per heavy atom. The number of esters is 1. The smallest absolute Gasteiger partial charge is 0.410 e. The van der Waals surface area contributed by atoms with Gasteiger partial charge >= 0.3 is 18.2 Å². The third-order valence-electron chi connectivity index (χ3n) is 10.5. The van der Waals surface area contributed by atoms with Crippen LogP contribution in [0.1, 0.15) is 91.9 Å². The third kappa shape index (κ3) is 12.4. The molecule has 2 amide bonds. The number of aliphatic hydroxyl groups excluding tert-OH is 2. The number of aliphatic hydroxyl groups is 2. The van der Waals surface area contributed by atoms with Gasteiger partial charge in [-0.25, -0.2) is 9.59 Å². The van der Waals surface area contributed by atoms with E-state index in [2.05, 4.69) is 4.90 Å². The Balaban J connectivity index is 1.36. The average Bonchev–Trinajstić information content (AvgIpc) is 3.34. The number of rotatable bonds is 7. The fraction of sp³-hybridized carbons (Fsp3) is 0.763. The molecule has 0 aromatic rings. The second-order valence-corrected chi connectivity index (χ2v) is 14.8. The van der Waals surface area contributed by atoms with Gasteiger partial charge in [0.15, 0.2) is 0 Å². The maximum absolute atomic E-state index is 13.4. The predicted octanol–water partition coefficient (Wildman–Crippen LogP) is 5.46. The molecule has 0 aromatic carbocycles. The van der Waals surface area contributed by atoms with E-state index in [1.54, 1.807) is 0 Å². The molecule has 3 fully saturated rings. The van der Waals surface area contributed by atoms with Crippen LogP contribution in [0.5, 0.6) is 0 Å². The Hall–Kier alpha value is -2.89. The maximum Gasteiger partial charge on any atom is 0.410 e. The fourth-order valence-corrected chi connectivity index (χ4v) is 7.28. The van der Waals surface area contributed by atoms with Crippen LogP contribution in [0.25, 0.3) is 0 Å². The molecular formula is C38H61N3O8. The molecule has 0 bridgehead atoms. The molecule has 0 unspecified atom stereocenters. The van der Waals surface area contributed by atoms with Gasteiger partial charge in [0, 0.05) is 57.1 Å². The molecule has 2 N–H and O–H groups in total. The first-order chi connectivity index (χ1) is 23.5. The Morgan fingerprint density at radius 1 is 0.918 bits per heavy atom. The van der Waals surface area contributed by atoms with Crippen LogP contribution in [0.4, 0.5) is 9.59 Å². The van der Waals surface area contributed by atoms with Crippen LogP contribution in [-0.2, 0) is 19.0 Å². The van der Waals surface area contributed by atoms with Crippen molar-refractivity contribution >= 4 is 18.2 Å². The van der Waals surface area contributed by atoms with E-state index in [1.807, 2.05) is 63.0 Å². The van der Waals surface area contributed by atoms with E-state index in [0.29, 0.717) is 51.5 Å². The first-order valence-corrected chi connectivity index (χ1v) is 18.7. The topological polar surface area (TPSA) is 129 Å². The van der Waals surface area contributed by atoms with E-state index in [9.17, 15) is 24.6 Å². The van der Waals surface area contributed by atoms with Crippen LogP contribution >= 0.6 is 0 Å². The monoisotopic (exact) mass is 687 g/mol. The van der Waals surface area contributed by atoms with E-state index in [0.717, 1.165) is 18.7 Å². The number of β-amino-alcohol motifs (C(OH)–C–C–N with tert-alkyl or cyclic N) is 1. The molecule has 4 rings (SSSR count). The van der Waals surface area contributed by atoms with Gasteiger partial charge in [0.25, 0.3) is 0 Å². The lowest BCUT2D eigenvalue weighted by Crippen LogP contribution is -2.52. The summed E-state index contributed by atoms with van der Waals surface area (Å²) in [6, 6.07) is 0.627. The standard InChI is InChI=1S/C38H61N3O8/c1-27(26-47-37(45)41-19-18-33(43)25-41)10-9-11-29(3)36-30(4)15-17-34(28(2)14-16-32(42)24-35(44)49-36)48-38(46)40-22-20-39(21-23-40)31-12-7-5-6-8-13-31/h9-11,15,17,27-28,30-34,36,42-43H,5-8,12-14,16,18-26H2,1-4H3/b10-9+,17-15+,29-11+/t27-,28-,30+,32+,33-,34-,36-/m1/s1. The van der Waals surface area contributed by atoms with Crippen molar-refractivity contribution in [1.82, 2.24) is 14.7 Å². The lowest BCUT2D eigenvalue weighted by molar-refractivity contribution is -0.151. The van der Waals surface area contributed by atoms with Gasteiger partial charge in [0.1, 0.15) is 12.2 Å². The SMILES string of the molecule is C/C(=C\C=C\[C@@H](C)COC(=O)N1CC[C@@H](O)C1)[C@H]1OC(=O)C[C@@H](O)CC[C@@H](C)[C@H](OC(=O)N2CCN(C3CCCCCC3)CC2)/C=C/[C@@H]1C. The Kier molecular flexibility index (Phi) is 15.5. The van der Waals surface area contributed by atoms with Crippen LogP contribution in [0.15, 0.2) is 36.0 Å². The van der Waals surface area contributed by atoms with Gasteiger partial charge in [-0.3, -0.25) is 9.69 Å². The zero-order valence-electron chi connectivity index (χ0n) is 30.2. The van der Waals surface area contributed by atoms with E-state index in [4.69, 9.17) is 14.2 Å². The van der Waals surface area contributed by atoms with Crippen LogP contribution in [0.2, 0.25) is 0 Å². The number of allylic oxidation sites excluding steroid dienone is 2. The molecule has 0 spiro atoms. The summed E-state index contributed by atoms with van der Waals surface area (Å²) in [5, 5.41) is 20.3. The van der Waals surface area contributed by atoms with Crippen LogP contribution in [0, 0.1) is 17.8 Å². The van der Waals surface area contributed by atoms with Gasteiger partial charge in [0.05, 0.1) is 25.2 Å². The van der Waals surface area contributed by atoms with Crippen molar-refractivity contribution in [3.05, 3.63) is 36.0 Å². The van der Waals surface area contributed by atoms with Gasteiger partial charge < -0.3 is 34.2 Å². The summed E-state index contributed by atoms with van der Waals surface area (Å²) in [6.07, 6.45) is 15.6. The highest BCUT2D eigenvalue weighted by molar-refractivity contribution is 5.70. The zero-order valence-corrected chi connectivity index (χ0v) is 30.2. The number of likely N-dealkylation sites (tertiary alicyclic amines) is 1. The molecule has 11 nitrogen and oxygen atoms in total. The minimum absolute atomic E-state index is 0.0473. The molecule has 1 saturated carbocycles. The molecule has 0 aromatic heterocycles. The minimum atomic E-state index is -0.848. The zero-order chi connectivity index (χ0) is 35.3. The van der Waals surface area contributed by atoms with Crippen molar-refractivity contribution in [3.63, 3.8) is 0 Å². The molecule has 0 radical (unpaired) electrons. The van der Waals surface area contributed by atoms with Crippen molar-refractivity contribution in [1.29, 1.82) is 0 Å². The van der Waals surface area contributed by atoms with Crippen LogP contribution in [-0.4, -0.2) is 119 Å². The summed E-state index contributed by atoms with van der Waals surface area (Å²) >= 11 is 0. The highest BCUT2D eigenvalue weighted by Crippen LogP contribution is 2.26. The molecule has 3 aliphatic heterocycles. The van der Waals surface area contributed by atoms with Crippen molar-refractivity contribution in [3.8, 4) is 0 Å². The molecule has 7 atom stereocenters. The first kappa shape index (κ1) is 38.9. The van der Waals surface area contributed by atoms with E-state index >= 15 is 0 Å². The van der Waals surface area contributed by atoms with Crippen LogP contribution < -0.4 is 0 Å². The van der Waals surface area contributed by atoms with Gasteiger partial charge in [-0.1, -0.05) is 70.8 Å². The largest absolute Gasteiger partial charge is 0.457 e. The predicted molar refractivity (Wildman–Crippen MR) is 188 cm³/mol. The van der Waals surface area contributed by atoms with Crippen LogP contribution in [0.3, 0.4) is 0 Å². The number of cyclic esters (lactones) is 1. The molecule has 4 aliphatic rings. The van der Waals surface area contributed by atoms with Gasteiger partial charge in [-0.2, -0.15) is 0 Å². The lowest BCUT2D eigenvalue weighted by atomic mass is 9.92. The fourth-order valence-electron chi connectivity index (χ4n) is 7.28. The summed E-state index contributed by atoms with van der Waals surface area (Å²) < 4.78 is 17.4. The highest BCUT2D eigenvalue weighted by atomic mass is 16.6. The third-order valence-corrected chi connectivity index (χ3v) is 10.5. The number of nitrogens with zero attached hydrogens (tertiary/aromatic N) is 3. The lowest BCUT2D eigenvalue weighted by Gasteiger charge is -2.39. The highest BCUT2D eigenvalue weighted by Gasteiger charge is 2.31. The molecule has 49 heavy (non-hydrogen) atoms. The van der Waals surface area contributed by atoms with Gasteiger partial charge in [0.2, 0.25) is 0 Å². The Morgan fingerprint density at radius 2 is 1.63 bits per heavy atom. The van der Waals surface area contributed by atoms with Crippen molar-refractivity contribution in [2.75, 3.05) is 45.9 Å². The summed E-state index contributed by atoms with van der Waals surface area (Å²) in [5.41, 5.74) is 0.816. The quantitative estimate of drug-likeness (QED) is 0.118. The number of carbonyl (C=O) groups is 3. The normalized spacial score (nSPS) is 31.7. The number of hydrogen-bond acceptors (Lipinski definition) is 9. The summed E-state index contributed by atoms with van der Waals surface area (Å²) in [6.45, 7) is 11.9. The van der Waals surface area contributed by atoms with Gasteiger partial charge in [-0.15, -0.1) is 0 Å². The minimum Gasteiger partial charge on any atom is -0.457 e. The van der Waals surface area contributed by atoms with E-state index < -0.39 is 36.5 Å². The second kappa shape index (κ2) is 19.5. The Bertz CT molecular complexity index is 1160. The first-order valence-electron chi connectivity index (χ1n) is 18.7. The van der Waals surface area contributed by atoms with E-state index in [-0.39, 0.29) is 36.9 Å².